The summed E-state index contributed by atoms with van der Waals surface area (Å²) in [5.41, 5.74) is 1.79. The molecule has 39 heavy (non-hydrogen) atoms. The average Bonchev–Trinajstić information content (AvgIpc) is 2.92. The average molecular weight is 593 g/mol. The van der Waals surface area contributed by atoms with Crippen molar-refractivity contribution in [1.29, 1.82) is 0 Å². The number of likely N-dealkylation sites (N-methyl/N-ethyl adjacent to an activating group) is 1. The van der Waals surface area contributed by atoms with Crippen LogP contribution < -0.4 is 14.4 Å². The van der Waals surface area contributed by atoms with Gasteiger partial charge < -0.3 is 15.0 Å². The number of ether oxygens (including phenoxy) is 1. The lowest BCUT2D eigenvalue weighted by Gasteiger charge is -2.33. The molecule has 1 atom stereocenters. The van der Waals surface area contributed by atoms with E-state index in [9.17, 15) is 18.0 Å². The van der Waals surface area contributed by atoms with Crippen molar-refractivity contribution in [2.45, 2.75) is 37.8 Å². The third-order valence-electron chi connectivity index (χ3n) is 6.21. The number of hydrogen-bond acceptors (Lipinski definition) is 5. The van der Waals surface area contributed by atoms with E-state index in [0.717, 1.165) is 15.4 Å². The highest BCUT2D eigenvalue weighted by molar-refractivity contribution is 7.92. The predicted molar refractivity (Wildman–Crippen MR) is 154 cm³/mol. The molecule has 0 saturated heterocycles. The summed E-state index contributed by atoms with van der Waals surface area (Å²) in [4.78, 5) is 28.1. The predicted octanol–water partition coefficient (Wildman–Crippen LogP) is 5.06. The minimum atomic E-state index is -4.20. The van der Waals surface area contributed by atoms with Crippen molar-refractivity contribution < 1.29 is 22.7 Å². The molecule has 0 heterocycles. The lowest BCUT2D eigenvalue weighted by atomic mass is 10.1. The first-order valence-electron chi connectivity index (χ1n) is 12.2. The first-order valence-corrected chi connectivity index (χ1v) is 14.4. The van der Waals surface area contributed by atoms with Crippen LogP contribution in [0.3, 0.4) is 0 Å². The molecular weight excluding hydrogens is 561 g/mol. The lowest BCUT2D eigenvalue weighted by Crippen LogP contribution is -2.51. The molecule has 0 aliphatic carbocycles. The highest BCUT2D eigenvalue weighted by Gasteiger charge is 2.33. The molecule has 0 aliphatic heterocycles. The number of sulfonamides is 1. The van der Waals surface area contributed by atoms with E-state index in [1.807, 2.05) is 6.92 Å². The SMILES string of the molecule is CCC(C(=O)NC)N(Cc1ccc(Cl)cc1)C(=O)CN(c1ccc(OC)c(Cl)c1)S(=O)(=O)c1ccc(C)cc1. The molecule has 0 fully saturated rings. The normalized spacial score (nSPS) is 11.9. The summed E-state index contributed by atoms with van der Waals surface area (Å²) in [6, 6.07) is 16.9. The van der Waals surface area contributed by atoms with Gasteiger partial charge in [-0.3, -0.25) is 13.9 Å². The van der Waals surface area contributed by atoms with Crippen LogP contribution in [0.5, 0.6) is 5.75 Å². The van der Waals surface area contributed by atoms with E-state index in [1.54, 1.807) is 43.3 Å². The van der Waals surface area contributed by atoms with Gasteiger partial charge in [0.15, 0.2) is 0 Å². The molecule has 0 aromatic heterocycles. The standard InChI is InChI=1S/C28H31Cl2N3O5S/c1-5-25(28(35)31-3)32(17-20-8-10-21(29)11-9-20)27(34)18-33(22-12-15-26(38-4)24(30)16-22)39(36,37)23-13-6-19(2)7-14-23/h6-16,25H,5,17-18H2,1-4H3,(H,31,35). The Labute approximate surface area is 239 Å². The van der Waals surface area contributed by atoms with Gasteiger partial charge in [-0.2, -0.15) is 0 Å². The zero-order valence-electron chi connectivity index (χ0n) is 22.1. The van der Waals surface area contributed by atoms with Crippen LogP contribution in [0, 0.1) is 6.92 Å². The van der Waals surface area contributed by atoms with Crippen molar-refractivity contribution in [3.05, 3.63) is 87.9 Å². The number of benzene rings is 3. The fourth-order valence-corrected chi connectivity index (χ4v) is 5.83. The van der Waals surface area contributed by atoms with Crippen LogP contribution in [0.15, 0.2) is 71.6 Å². The van der Waals surface area contributed by atoms with E-state index < -0.39 is 28.5 Å². The Balaban J connectivity index is 2.09. The van der Waals surface area contributed by atoms with Gasteiger partial charge in [0.2, 0.25) is 11.8 Å². The van der Waals surface area contributed by atoms with E-state index in [4.69, 9.17) is 27.9 Å². The van der Waals surface area contributed by atoms with Gasteiger partial charge in [-0.25, -0.2) is 8.42 Å². The number of anilines is 1. The topological polar surface area (TPSA) is 96.0 Å². The Bertz CT molecular complexity index is 1410. The molecule has 3 rings (SSSR count). The molecule has 0 radical (unpaired) electrons. The lowest BCUT2D eigenvalue weighted by molar-refractivity contribution is -0.140. The fraction of sp³-hybridized carbons (Fsp3) is 0.286. The van der Waals surface area contributed by atoms with E-state index in [-0.39, 0.29) is 28.1 Å². The third kappa shape index (κ3) is 7.23. The number of nitrogens with one attached hydrogen (secondary N) is 1. The van der Waals surface area contributed by atoms with Crippen molar-refractivity contribution >= 4 is 50.7 Å². The monoisotopic (exact) mass is 591 g/mol. The molecule has 0 bridgehead atoms. The van der Waals surface area contributed by atoms with Crippen molar-refractivity contribution in [2.75, 3.05) is 25.0 Å². The van der Waals surface area contributed by atoms with Crippen LogP contribution in [0.1, 0.15) is 24.5 Å². The van der Waals surface area contributed by atoms with Crippen molar-refractivity contribution in [2.24, 2.45) is 0 Å². The summed E-state index contributed by atoms with van der Waals surface area (Å²) in [6.07, 6.45) is 0.318. The van der Waals surface area contributed by atoms with Gasteiger partial charge in [0.1, 0.15) is 18.3 Å². The summed E-state index contributed by atoms with van der Waals surface area (Å²) in [5, 5.41) is 3.31. The maximum atomic E-state index is 13.9. The van der Waals surface area contributed by atoms with Gasteiger partial charge in [-0.15, -0.1) is 0 Å². The van der Waals surface area contributed by atoms with Crippen LogP contribution in [0.4, 0.5) is 5.69 Å². The minimum absolute atomic E-state index is 0.00966. The number of nitrogens with zero attached hydrogens (tertiary/aromatic N) is 2. The maximum Gasteiger partial charge on any atom is 0.264 e. The fourth-order valence-electron chi connectivity index (χ4n) is 4.05. The summed E-state index contributed by atoms with van der Waals surface area (Å²) in [6.45, 7) is 3.13. The summed E-state index contributed by atoms with van der Waals surface area (Å²) < 4.78 is 34.0. The number of amides is 2. The Morgan fingerprint density at radius 1 is 1.00 bits per heavy atom. The van der Waals surface area contributed by atoms with Crippen molar-refractivity contribution in [1.82, 2.24) is 10.2 Å². The largest absolute Gasteiger partial charge is 0.495 e. The number of aryl methyl sites for hydroxylation is 1. The Morgan fingerprint density at radius 2 is 1.64 bits per heavy atom. The van der Waals surface area contributed by atoms with E-state index in [0.29, 0.717) is 17.2 Å². The van der Waals surface area contributed by atoms with Gasteiger partial charge in [-0.05, 0) is 61.4 Å². The van der Waals surface area contributed by atoms with Gasteiger partial charge >= 0.3 is 0 Å². The van der Waals surface area contributed by atoms with Gasteiger partial charge in [0.05, 0.1) is 22.7 Å². The third-order valence-corrected chi connectivity index (χ3v) is 8.55. The number of rotatable bonds is 11. The number of hydrogen-bond donors (Lipinski definition) is 1. The first kappa shape index (κ1) is 30.3. The zero-order chi connectivity index (χ0) is 28.7. The van der Waals surface area contributed by atoms with Crippen LogP contribution in [-0.4, -0.2) is 51.9 Å². The molecule has 0 spiro atoms. The number of methoxy groups -OCH3 is 1. The smallest absolute Gasteiger partial charge is 0.264 e. The second-order valence-corrected chi connectivity index (χ2v) is 11.5. The molecule has 1 N–H and O–H groups in total. The molecule has 3 aromatic rings. The summed E-state index contributed by atoms with van der Waals surface area (Å²) in [7, 11) is -1.27. The maximum absolute atomic E-state index is 13.9. The molecule has 11 heteroatoms. The van der Waals surface area contributed by atoms with Crippen LogP contribution >= 0.6 is 23.2 Å². The highest BCUT2D eigenvalue weighted by Crippen LogP contribution is 2.32. The molecule has 208 valence electrons. The van der Waals surface area contributed by atoms with Crippen LogP contribution in [-0.2, 0) is 26.2 Å². The van der Waals surface area contributed by atoms with Crippen LogP contribution in [0.2, 0.25) is 10.0 Å². The van der Waals surface area contributed by atoms with Crippen molar-refractivity contribution in [3.63, 3.8) is 0 Å². The molecule has 2 amide bonds. The van der Waals surface area contributed by atoms with Crippen LogP contribution in [0.25, 0.3) is 0 Å². The van der Waals surface area contributed by atoms with E-state index in [2.05, 4.69) is 5.32 Å². The molecule has 0 aliphatic rings. The zero-order valence-corrected chi connectivity index (χ0v) is 24.5. The summed E-state index contributed by atoms with van der Waals surface area (Å²) in [5.74, 6) is -0.572. The Morgan fingerprint density at radius 3 is 2.18 bits per heavy atom. The first-order chi connectivity index (χ1) is 18.5. The van der Waals surface area contributed by atoms with Crippen molar-refractivity contribution in [3.8, 4) is 5.75 Å². The molecular formula is C28H31Cl2N3O5S. The minimum Gasteiger partial charge on any atom is -0.495 e. The molecule has 8 nitrogen and oxygen atoms in total. The van der Waals surface area contributed by atoms with Gasteiger partial charge in [0, 0.05) is 18.6 Å². The quantitative estimate of drug-likeness (QED) is 0.336. The second-order valence-electron chi connectivity index (χ2n) is 8.83. The number of carbonyl (C=O) groups excluding carboxylic acids is 2. The second kappa shape index (κ2) is 13.2. The Hall–Kier alpha value is -3.27. The highest BCUT2D eigenvalue weighted by atomic mass is 35.5. The summed E-state index contributed by atoms with van der Waals surface area (Å²) >= 11 is 12.4. The van der Waals surface area contributed by atoms with Gasteiger partial charge in [0.25, 0.3) is 10.0 Å². The van der Waals surface area contributed by atoms with E-state index in [1.165, 1.54) is 49.4 Å². The van der Waals surface area contributed by atoms with Gasteiger partial charge in [-0.1, -0.05) is 60.0 Å². The molecule has 3 aromatic carbocycles. The molecule has 0 saturated carbocycles. The number of halogens is 2. The van der Waals surface area contributed by atoms with E-state index >= 15 is 0 Å². The molecule has 1 unspecified atom stereocenters. The number of carbonyl (C=O) groups is 2. The Kier molecular flexibility index (Phi) is 10.2.